The lowest BCUT2D eigenvalue weighted by atomic mass is 9.94. The topological polar surface area (TPSA) is 17.1 Å². The summed E-state index contributed by atoms with van der Waals surface area (Å²) in [7, 11) is 0. The highest BCUT2D eigenvalue weighted by Crippen LogP contribution is 2.30. The van der Waals surface area contributed by atoms with Gasteiger partial charge in [0.1, 0.15) is 0 Å². The molecule has 2 rings (SSSR count). The summed E-state index contributed by atoms with van der Waals surface area (Å²) >= 11 is 0. The minimum Gasteiger partial charge on any atom is -0.294 e. The van der Waals surface area contributed by atoms with E-state index in [0.29, 0.717) is 11.7 Å². The van der Waals surface area contributed by atoms with Crippen molar-refractivity contribution in [1.29, 1.82) is 0 Å². The molecule has 1 aromatic rings. The van der Waals surface area contributed by atoms with Crippen LogP contribution in [0.4, 0.5) is 0 Å². The molecule has 1 aliphatic rings. The van der Waals surface area contributed by atoms with E-state index in [2.05, 4.69) is 19.9 Å². The molecule has 1 nitrogen and oxygen atoms in total. The summed E-state index contributed by atoms with van der Waals surface area (Å²) in [4.78, 5) is 11.9. The number of carbonyl (C=O) groups is 1. The van der Waals surface area contributed by atoms with Crippen LogP contribution in [0.5, 0.6) is 0 Å². The molecule has 0 bridgehead atoms. The van der Waals surface area contributed by atoms with Crippen molar-refractivity contribution in [2.75, 3.05) is 0 Å². The third kappa shape index (κ3) is 1.59. The van der Waals surface area contributed by atoms with Crippen LogP contribution >= 0.6 is 0 Å². The summed E-state index contributed by atoms with van der Waals surface area (Å²) < 4.78 is 0. The van der Waals surface area contributed by atoms with Crippen molar-refractivity contribution in [3.63, 3.8) is 0 Å². The Morgan fingerprint density at radius 3 is 2.71 bits per heavy atom. The maximum absolute atomic E-state index is 11.9. The van der Waals surface area contributed by atoms with Crippen LogP contribution in [0, 0.1) is 11.8 Å². The van der Waals surface area contributed by atoms with Crippen molar-refractivity contribution in [2.45, 2.75) is 26.7 Å². The van der Waals surface area contributed by atoms with Crippen LogP contribution in [0.1, 0.15) is 36.2 Å². The maximum atomic E-state index is 11.9. The Morgan fingerprint density at radius 2 is 2.07 bits per heavy atom. The Labute approximate surface area is 85.1 Å². The molecule has 1 unspecified atom stereocenters. The molecule has 0 spiro atoms. The molecule has 0 amide bonds. The number of Topliss-reactive ketones (excluding diaryl/α,β-unsaturated/α-hetero) is 1. The summed E-state index contributed by atoms with van der Waals surface area (Å²) in [6.07, 6.45) is 1.97. The summed E-state index contributed by atoms with van der Waals surface area (Å²) in [5.41, 5.74) is 2.20. The second kappa shape index (κ2) is 3.56. The van der Waals surface area contributed by atoms with Gasteiger partial charge in [-0.15, -0.1) is 0 Å². The van der Waals surface area contributed by atoms with E-state index in [1.165, 1.54) is 5.56 Å². The van der Waals surface area contributed by atoms with Gasteiger partial charge in [0.05, 0.1) is 0 Å². The quantitative estimate of drug-likeness (QED) is 0.697. The van der Waals surface area contributed by atoms with E-state index in [1.54, 1.807) is 0 Å². The average molecular weight is 188 g/mol. The SMILES string of the molecule is CC(C)CC1Cc2ccccc2C1=O. The maximum Gasteiger partial charge on any atom is 0.166 e. The molecule has 1 aliphatic carbocycles. The van der Waals surface area contributed by atoms with Gasteiger partial charge in [-0.05, 0) is 24.3 Å². The highest BCUT2D eigenvalue weighted by atomic mass is 16.1. The van der Waals surface area contributed by atoms with Crippen LogP contribution < -0.4 is 0 Å². The van der Waals surface area contributed by atoms with Crippen LogP contribution in [0.15, 0.2) is 24.3 Å². The Morgan fingerprint density at radius 1 is 1.36 bits per heavy atom. The zero-order chi connectivity index (χ0) is 10.1. The van der Waals surface area contributed by atoms with Crippen molar-refractivity contribution in [3.05, 3.63) is 35.4 Å². The molecule has 0 aromatic heterocycles. The third-order valence-electron chi connectivity index (χ3n) is 2.88. The normalized spacial score (nSPS) is 20.2. The minimum absolute atomic E-state index is 0.243. The first-order valence-corrected chi connectivity index (χ1v) is 5.30. The molecule has 0 aliphatic heterocycles. The van der Waals surface area contributed by atoms with Crippen molar-refractivity contribution in [1.82, 2.24) is 0 Å². The molecular weight excluding hydrogens is 172 g/mol. The van der Waals surface area contributed by atoms with E-state index in [9.17, 15) is 4.79 Å². The van der Waals surface area contributed by atoms with Crippen molar-refractivity contribution in [2.24, 2.45) is 11.8 Å². The van der Waals surface area contributed by atoms with E-state index >= 15 is 0 Å². The van der Waals surface area contributed by atoms with Gasteiger partial charge in [0.25, 0.3) is 0 Å². The molecule has 0 saturated heterocycles. The first kappa shape index (κ1) is 9.45. The molecule has 0 N–H and O–H groups in total. The molecule has 0 fully saturated rings. The van der Waals surface area contributed by atoms with Gasteiger partial charge in [-0.25, -0.2) is 0 Å². The van der Waals surface area contributed by atoms with Crippen LogP contribution in [0.25, 0.3) is 0 Å². The molecule has 74 valence electrons. The van der Waals surface area contributed by atoms with Crippen molar-refractivity contribution < 1.29 is 4.79 Å². The number of carbonyl (C=O) groups excluding carboxylic acids is 1. The number of hydrogen-bond acceptors (Lipinski definition) is 1. The molecule has 14 heavy (non-hydrogen) atoms. The van der Waals surface area contributed by atoms with Gasteiger partial charge in [0.2, 0.25) is 0 Å². The van der Waals surface area contributed by atoms with Crippen molar-refractivity contribution in [3.8, 4) is 0 Å². The van der Waals surface area contributed by atoms with Gasteiger partial charge in [-0.1, -0.05) is 38.1 Å². The number of rotatable bonds is 2. The van der Waals surface area contributed by atoms with E-state index in [1.807, 2.05) is 18.2 Å². The van der Waals surface area contributed by atoms with Gasteiger partial charge < -0.3 is 0 Å². The van der Waals surface area contributed by atoms with E-state index in [-0.39, 0.29) is 5.92 Å². The number of benzene rings is 1. The zero-order valence-electron chi connectivity index (χ0n) is 8.79. The first-order valence-electron chi connectivity index (χ1n) is 5.30. The minimum atomic E-state index is 0.243. The highest BCUT2D eigenvalue weighted by Gasteiger charge is 2.29. The van der Waals surface area contributed by atoms with Crippen LogP contribution in [-0.2, 0) is 6.42 Å². The largest absolute Gasteiger partial charge is 0.294 e. The Kier molecular flexibility index (Phi) is 2.40. The fourth-order valence-electron chi connectivity index (χ4n) is 2.28. The average Bonchev–Trinajstić information content (AvgIpc) is 2.44. The Balaban J connectivity index is 2.21. The molecule has 1 aromatic carbocycles. The molecule has 1 heteroatoms. The molecular formula is C13H16O. The summed E-state index contributed by atoms with van der Waals surface area (Å²) in [6.45, 7) is 4.35. The Hall–Kier alpha value is -1.11. The smallest absolute Gasteiger partial charge is 0.166 e. The molecule has 0 heterocycles. The van der Waals surface area contributed by atoms with Gasteiger partial charge in [-0.3, -0.25) is 4.79 Å². The van der Waals surface area contributed by atoms with Crippen LogP contribution in [-0.4, -0.2) is 5.78 Å². The monoisotopic (exact) mass is 188 g/mol. The fraction of sp³-hybridized carbons (Fsp3) is 0.462. The molecule has 0 saturated carbocycles. The Bertz CT molecular complexity index is 352. The first-order chi connectivity index (χ1) is 6.68. The summed E-state index contributed by atoms with van der Waals surface area (Å²) in [5.74, 6) is 1.21. The van der Waals surface area contributed by atoms with Gasteiger partial charge in [0.15, 0.2) is 5.78 Å². The lowest BCUT2D eigenvalue weighted by Crippen LogP contribution is -2.11. The third-order valence-corrected chi connectivity index (χ3v) is 2.88. The lowest BCUT2D eigenvalue weighted by molar-refractivity contribution is 0.0922. The van der Waals surface area contributed by atoms with E-state index in [0.717, 1.165) is 18.4 Å². The lowest BCUT2D eigenvalue weighted by Gasteiger charge is -2.09. The van der Waals surface area contributed by atoms with E-state index in [4.69, 9.17) is 0 Å². The second-order valence-electron chi connectivity index (χ2n) is 4.55. The van der Waals surface area contributed by atoms with E-state index < -0.39 is 0 Å². The highest BCUT2D eigenvalue weighted by molar-refractivity contribution is 6.02. The van der Waals surface area contributed by atoms with Crippen LogP contribution in [0.2, 0.25) is 0 Å². The fourth-order valence-corrected chi connectivity index (χ4v) is 2.28. The predicted octanol–water partition coefficient (Wildman–Crippen LogP) is 3.09. The number of fused-ring (bicyclic) bond motifs is 1. The molecule has 1 atom stereocenters. The van der Waals surface area contributed by atoms with Crippen LogP contribution in [0.3, 0.4) is 0 Å². The zero-order valence-corrected chi connectivity index (χ0v) is 8.79. The van der Waals surface area contributed by atoms with Crippen molar-refractivity contribution >= 4 is 5.78 Å². The number of hydrogen-bond donors (Lipinski definition) is 0. The predicted molar refractivity (Wildman–Crippen MR) is 57.4 cm³/mol. The number of ketones is 1. The van der Waals surface area contributed by atoms with Gasteiger partial charge in [-0.2, -0.15) is 0 Å². The van der Waals surface area contributed by atoms with Gasteiger partial charge >= 0.3 is 0 Å². The second-order valence-corrected chi connectivity index (χ2v) is 4.55. The summed E-state index contributed by atoms with van der Waals surface area (Å²) in [6, 6.07) is 8.00. The summed E-state index contributed by atoms with van der Waals surface area (Å²) in [5, 5.41) is 0. The standard InChI is InChI=1S/C13H16O/c1-9(2)7-11-8-10-5-3-4-6-12(10)13(11)14/h3-6,9,11H,7-8H2,1-2H3. The molecule has 0 radical (unpaired) electrons. The van der Waals surface area contributed by atoms with Gasteiger partial charge in [0, 0.05) is 11.5 Å².